The largest absolute Gasteiger partial charge is 0.491 e. The summed E-state index contributed by atoms with van der Waals surface area (Å²) in [5.41, 5.74) is 7.96. The molecule has 2 aromatic rings. The van der Waals surface area contributed by atoms with E-state index in [1.807, 2.05) is 31.2 Å². The van der Waals surface area contributed by atoms with E-state index in [2.05, 4.69) is 5.32 Å². The number of hydrogen-bond acceptors (Lipinski definition) is 3. The third kappa shape index (κ3) is 4.39. The first-order chi connectivity index (χ1) is 10.1. The van der Waals surface area contributed by atoms with Gasteiger partial charge in [-0.25, -0.2) is 0 Å². The van der Waals surface area contributed by atoms with Crippen LogP contribution in [0.4, 0.5) is 11.4 Å². The number of aryl methyl sites for hydroxylation is 1. The van der Waals surface area contributed by atoms with E-state index in [1.165, 1.54) is 0 Å². The Morgan fingerprint density at radius 1 is 1.29 bits per heavy atom. The number of nitrogens with two attached hydrogens (primary N) is 1. The summed E-state index contributed by atoms with van der Waals surface area (Å²) < 4.78 is 5.53. The number of anilines is 2. The van der Waals surface area contributed by atoms with Gasteiger partial charge in [0.15, 0.2) is 0 Å². The fourth-order valence-electron chi connectivity index (χ4n) is 1.80. The predicted octanol–water partition coefficient (Wildman–Crippen LogP) is 3.64. The lowest BCUT2D eigenvalue weighted by Crippen LogP contribution is -2.16. The number of nitrogens with one attached hydrogen (secondary N) is 1. The van der Waals surface area contributed by atoms with Crippen LogP contribution in [0.1, 0.15) is 12.0 Å². The third-order valence-electron chi connectivity index (χ3n) is 2.91. The fourth-order valence-corrected chi connectivity index (χ4v) is 1.97. The molecule has 0 aliphatic heterocycles. The van der Waals surface area contributed by atoms with Crippen molar-refractivity contribution in [3.8, 4) is 5.75 Å². The van der Waals surface area contributed by atoms with E-state index < -0.39 is 0 Å². The summed E-state index contributed by atoms with van der Waals surface area (Å²) in [6.45, 7) is 2.20. The Morgan fingerprint density at radius 3 is 2.81 bits per heavy atom. The van der Waals surface area contributed by atoms with Gasteiger partial charge in [0.1, 0.15) is 5.75 Å². The average molecular weight is 305 g/mol. The molecule has 0 bridgehead atoms. The molecule has 2 aromatic carbocycles. The molecule has 0 heterocycles. The van der Waals surface area contributed by atoms with E-state index in [0.29, 0.717) is 22.1 Å². The van der Waals surface area contributed by atoms with E-state index >= 15 is 0 Å². The van der Waals surface area contributed by atoms with Gasteiger partial charge in [0.05, 0.1) is 29.4 Å². The normalized spacial score (nSPS) is 10.2. The van der Waals surface area contributed by atoms with Crippen LogP contribution in [0.15, 0.2) is 42.5 Å². The van der Waals surface area contributed by atoms with Gasteiger partial charge in [0.25, 0.3) is 0 Å². The van der Waals surface area contributed by atoms with Gasteiger partial charge < -0.3 is 15.8 Å². The maximum absolute atomic E-state index is 11.8. The number of amides is 1. The van der Waals surface area contributed by atoms with Crippen molar-refractivity contribution in [1.29, 1.82) is 0 Å². The second-order valence-electron chi connectivity index (χ2n) is 4.67. The zero-order chi connectivity index (χ0) is 15.2. The molecule has 0 saturated heterocycles. The van der Waals surface area contributed by atoms with Gasteiger partial charge in [-0.2, -0.15) is 0 Å². The lowest BCUT2D eigenvalue weighted by molar-refractivity contribution is -0.116. The first kappa shape index (κ1) is 15.2. The zero-order valence-electron chi connectivity index (χ0n) is 11.7. The quantitative estimate of drug-likeness (QED) is 0.829. The zero-order valence-corrected chi connectivity index (χ0v) is 12.5. The minimum absolute atomic E-state index is 0.156. The van der Waals surface area contributed by atoms with Gasteiger partial charge in [0, 0.05) is 0 Å². The molecule has 4 nitrogen and oxygen atoms in total. The molecule has 110 valence electrons. The SMILES string of the molecule is Cc1ccc(Cl)c(OCCC(=O)Nc2ccccc2N)c1. The maximum Gasteiger partial charge on any atom is 0.227 e. The summed E-state index contributed by atoms with van der Waals surface area (Å²) in [5, 5.41) is 3.28. The molecule has 21 heavy (non-hydrogen) atoms. The number of carbonyl (C=O) groups excluding carboxylic acids is 1. The van der Waals surface area contributed by atoms with E-state index in [-0.39, 0.29) is 18.9 Å². The second-order valence-corrected chi connectivity index (χ2v) is 5.07. The van der Waals surface area contributed by atoms with Gasteiger partial charge in [-0.3, -0.25) is 4.79 Å². The highest BCUT2D eigenvalue weighted by Crippen LogP contribution is 2.25. The van der Waals surface area contributed by atoms with E-state index in [1.54, 1.807) is 18.2 Å². The third-order valence-corrected chi connectivity index (χ3v) is 3.22. The minimum Gasteiger partial charge on any atom is -0.491 e. The molecule has 5 heteroatoms. The molecule has 3 N–H and O–H groups in total. The van der Waals surface area contributed by atoms with Crippen LogP contribution in [0.25, 0.3) is 0 Å². The molecule has 0 fully saturated rings. The number of hydrogen-bond donors (Lipinski definition) is 2. The minimum atomic E-state index is -0.156. The summed E-state index contributed by atoms with van der Waals surface area (Å²) in [5.74, 6) is 0.431. The highest BCUT2D eigenvalue weighted by molar-refractivity contribution is 6.32. The number of benzene rings is 2. The number of ether oxygens (including phenoxy) is 1. The van der Waals surface area contributed by atoms with Crippen LogP contribution in [0.2, 0.25) is 5.02 Å². The van der Waals surface area contributed by atoms with Crippen molar-refractivity contribution in [2.24, 2.45) is 0 Å². The van der Waals surface area contributed by atoms with Crippen LogP contribution in [-0.2, 0) is 4.79 Å². The lowest BCUT2D eigenvalue weighted by Gasteiger charge is -2.10. The van der Waals surface area contributed by atoms with Crippen molar-refractivity contribution in [1.82, 2.24) is 0 Å². The molecule has 0 spiro atoms. The predicted molar refractivity (Wildman–Crippen MR) is 85.8 cm³/mol. The van der Waals surface area contributed by atoms with Gasteiger partial charge in [-0.05, 0) is 36.8 Å². The number of para-hydroxylation sites is 2. The molecular weight excluding hydrogens is 288 g/mol. The van der Waals surface area contributed by atoms with Crippen LogP contribution in [-0.4, -0.2) is 12.5 Å². The highest BCUT2D eigenvalue weighted by atomic mass is 35.5. The highest BCUT2D eigenvalue weighted by Gasteiger charge is 2.06. The molecule has 0 aliphatic rings. The smallest absolute Gasteiger partial charge is 0.227 e. The van der Waals surface area contributed by atoms with E-state index in [9.17, 15) is 4.79 Å². The van der Waals surface area contributed by atoms with Crippen LogP contribution in [0.3, 0.4) is 0 Å². The Hall–Kier alpha value is -2.20. The van der Waals surface area contributed by atoms with Crippen molar-refractivity contribution in [2.75, 3.05) is 17.7 Å². The van der Waals surface area contributed by atoms with Crippen LogP contribution in [0, 0.1) is 6.92 Å². The van der Waals surface area contributed by atoms with E-state index in [0.717, 1.165) is 5.56 Å². The van der Waals surface area contributed by atoms with Crippen molar-refractivity contribution >= 4 is 28.9 Å². The van der Waals surface area contributed by atoms with Crippen molar-refractivity contribution in [2.45, 2.75) is 13.3 Å². The lowest BCUT2D eigenvalue weighted by atomic mass is 10.2. The molecule has 0 unspecified atom stereocenters. The summed E-state index contributed by atoms with van der Waals surface area (Å²) in [6.07, 6.45) is 0.221. The monoisotopic (exact) mass is 304 g/mol. The molecule has 0 aliphatic carbocycles. The Bertz CT molecular complexity index is 644. The summed E-state index contributed by atoms with van der Waals surface area (Å²) in [7, 11) is 0. The Balaban J connectivity index is 1.85. The summed E-state index contributed by atoms with van der Waals surface area (Å²) in [4.78, 5) is 11.8. The van der Waals surface area contributed by atoms with Crippen LogP contribution < -0.4 is 15.8 Å². The molecule has 0 radical (unpaired) electrons. The molecule has 1 amide bonds. The molecule has 0 atom stereocenters. The first-order valence-electron chi connectivity index (χ1n) is 6.59. The van der Waals surface area contributed by atoms with Gasteiger partial charge >= 0.3 is 0 Å². The first-order valence-corrected chi connectivity index (χ1v) is 6.97. The molecule has 2 rings (SSSR count). The molecule has 0 aromatic heterocycles. The van der Waals surface area contributed by atoms with Crippen molar-refractivity contribution < 1.29 is 9.53 Å². The standard InChI is InChI=1S/C16H17ClN2O2/c1-11-6-7-12(17)15(10-11)21-9-8-16(20)19-14-5-3-2-4-13(14)18/h2-7,10H,8-9,18H2,1H3,(H,19,20). The Kier molecular flexibility index (Phi) is 5.06. The summed E-state index contributed by atoms with van der Waals surface area (Å²) in [6, 6.07) is 12.6. The Labute approximate surface area is 128 Å². The van der Waals surface area contributed by atoms with Crippen molar-refractivity contribution in [3.05, 3.63) is 53.1 Å². The number of rotatable bonds is 5. The number of carbonyl (C=O) groups is 1. The van der Waals surface area contributed by atoms with Gasteiger partial charge in [0.2, 0.25) is 5.91 Å². The van der Waals surface area contributed by atoms with Gasteiger partial charge in [-0.15, -0.1) is 0 Å². The second kappa shape index (κ2) is 6.99. The van der Waals surface area contributed by atoms with Crippen LogP contribution in [0.5, 0.6) is 5.75 Å². The average Bonchev–Trinajstić information content (AvgIpc) is 2.45. The maximum atomic E-state index is 11.8. The molecular formula is C16H17ClN2O2. The fraction of sp³-hybridized carbons (Fsp3) is 0.188. The number of halogens is 1. The Morgan fingerprint density at radius 2 is 2.05 bits per heavy atom. The van der Waals surface area contributed by atoms with Crippen molar-refractivity contribution in [3.63, 3.8) is 0 Å². The summed E-state index contributed by atoms with van der Waals surface area (Å²) >= 11 is 6.02. The van der Waals surface area contributed by atoms with Crippen LogP contribution >= 0.6 is 11.6 Å². The van der Waals surface area contributed by atoms with E-state index in [4.69, 9.17) is 22.1 Å². The molecule has 0 saturated carbocycles. The topological polar surface area (TPSA) is 64.3 Å². The van der Waals surface area contributed by atoms with Gasteiger partial charge in [-0.1, -0.05) is 29.8 Å². The number of nitrogen functional groups attached to an aromatic ring is 1.